The van der Waals surface area contributed by atoms with Crippen molar-refractivity contribution in [1.82, 2.24) is 0 Å². The first-order chi connectivity index (χ1) is 9.92. The molecule has 5 aromatic rings. The van der Waals surface area contributed by atoms with E-state index in [2.05, 4.69) is 48.5 Å². The van der Waals surface area contributed by atoms with E-state index >= 15 is 0 Å². The average Bonchev–Trinajstić information content (AvgIpc) is 3.03. The largest absolute Gasteiger partial charge is 0.456 e. The predicted molar refractivity (Wildman–Crippen MR) is 82.7 cm³/mol. The van der Waals surface area contributed by atoms with Gasteiger partial charge in [0.05, 0.1) is 0 Å². The minimum Gasteiger partial charge on any atom is -0.456 e. The normalized spacial score (nSPS) is 13.8. The quantitative estimate of drug-likeness (QED) is 0.338. The van der Waals surface area contributed by atoms with Crippen LogP contribution in [0.1, 0.15) is 11.1 Å². The summed E-state index contributed by atoms with van der Waals surface area (Å²) in [5.74, 6) is 0. The zero-order valence-corrected chi connectivity index (χ0v) is 10.7. The van der Waals surface area contributed by atoms with Crippen LogP contribution in [0.15, 0.2) is 52.9 Å². The lowest BCUT2D eigenvalue weighted by atomic mass is 9.95. The molecule has 92 valence electrons. The van der Waals surface area contributed by atoms with Gasteiger partial charge in [0, 0.05) is 10.8 Å². The van der Waals surface area contributed by atoms with Crippen LogP contribution in [-0.2, 0) is 6.42 Å². The number of benzene rings is 4. The fourth-order valence-corrected chi connectivity index (χ4v) is 4.08. The van der Waals surface area contributed by atoms with Gasteiger partial charge in [-0.05, 0) is 51.2 Å². The fourth-order valence-electron chi connectivity index (χ4n) is 4.08. The SMILES string of the molecule is c1cc2c3c(c1)c1cccc4oc5ccc(c3c5c41)C2. The van der Waals surface area contributed by atoms with Crippen LogP contribution >= 0.6 is 0 Å². The molecule has 0 aliphatic heterocycles. The first kappa shape index (κ1) is 9.38. The molecule has 0 saturated carbocycles. The van der Waals surface area contributed by atoms with Crippen molar-refractivity contribution in [3.05, 3.63) is 59.7 Å². The van der Waals surface area contributed by atoms with Crippen molar-refractivity contribution in [2.75, 3.05) is 0 Å². The molecule has 4 aromatic carbocycles. The summed E-state index contributed by atoms with van der Waals surface area (Å²) in [5.41, 5.74) is 4.92. The monoisotopic (exact) mass is 254 g/mol. The molecule has 20 heavy (non-hydrogen) atoms. The number of furan rings is 1. The van der Waals surface area contributed by atoms with E-state index < -0.39 is 0 Å². The molecule has 0 radical (unpaired) electrons. The third-order valence-corrected chi connectivity index (χ3v) is 4.82. The minimum atomic E-state index is 1.01. The van der Waals surface area contributed by atoms with E-state index in [9.17, 15) is 0 Å². The van der Waals surface area contributed by atoms with Crippen molar-refractivity contribution < 1.29 is 4.42 Å². The third-order valence-electron chi connectivity index (χ3n) is 4.82. The molecule has 0 N–H and O–H groups in total. The molecule has 1 nitrogen and oxygen atoms in total. The second-order valence-electron chi connectivity index (χ2n) is 5.77. The van der Waals surface area contributed by atoms with Gasteiger partial charge < -0.3 is 4.42 Å². The van der Waals surface area contributed by atoms with Crippen LogP contribution in [-0.4, -0.2) is 0 Å². The first-order valence-electron chi connectivity index (χ1n) is 7.01. The lowest BCUT2D eigenvalue weighted by molar-refractivity contribution is 0.669. The van der Waals surface area contributed by atoms with Crippen molar-refractivity contribution in [2.24, 2.45) is 0 Å². The van der Waals surface area contributed by atoms with Gasteiger partial charge in [-0.25, -0.2) is 0 Å². The summed E-state index contributed by atoms with van der Waals surface area (Å²) in [7, 11) is 0. The Balaban J connectivity index is 2.20. The van der Waals surface area contributed by atoms with E-state index in [-0.39, 0.29) is 0 Å². The zero-order chi connectivity index (χ0) is 12.8. The second-order valence-corrected chi connectivity index (χ2v) is 5.77. The molecule has 1 aliphatic carbocycles. The Bertz CT molecular complexity index is 1160. The van der Waals surface area contributed by atoms with Crippen LogP contribution in [0, 0.1) is 0 Å². The van der Waals surface area contributed by atoms with Crippen LogP contribution in [0.5, 0.6) is 0 Å². The van der Waals surface area contributed by atoms with Crippen LogP contribution < -0.4 is 0 Å². The molecular formula is C19H10O. The van der Waals surface area contributed by atoms with Crippen molar-refractivity contribution in [3.8, 4) is 0 Å². The maximum absolute atomic E-state index is 6.06. The highest BCUT2D eigenvalue weighted by Gasteiger charge is 2.23. The van der Waals surface area contributed by atoms with Crippen LogP contribution in [0.4, 0.5) is 0 Å². The Morgan fingerprint density at radius 3 is 2.30 bits per heavy atom. The first-order valence-corrected chi connectivity index (χ1v) is 7.01. The predicted octanol–water partition coefficient (Wildman–Crippen LogP) is 5.23. The number of hydrogen-bond donors (Lipinski definition) is 0. The third kappa shape index (κ3) is 0.829. The second kappa shape index (κ2) is 2.80. The Labute approximate surface area is 114 Å². The Morgan fingerprint density at radius 1 is 0.600 bits per heavy atom. The summed E-state index contributed by atoms with van der Waals surface area (Å²) < 4.78 is 6.06. The summed E-state index contributed by atoms with van der Waals surface area (Å²) in [5, 5.41) is 8.18. The van der Waals surface area contributed by atoms with Gasteiger partial charge in [0.2, 0.25) is 0 Å². The molecule has 1 heterocycles. The van der Waals surface area contributed by atoms with Gasteiger partial charge in [0.15, 0.2) is 0 Å². The van der Waals surface area contributed by atoms with Gasteiger partial charge in [-0.15, -0.1) is 0 Å². The van der Waals surface area contributed by atoms with Crippen molar-refractivity contribution >= 4 is 43.5 Å². The lowest BCUT2D eigenvalue weighted by Crippen LogP contribution is -1.81. The Morgan fingerprint density at radius 2 is 1.35 bits per heavy atom. The van der Waals surface area contributed by atoms with Gasteiger partial charge in [-0.3, -0.25) is 0 Å². The minimum absolute atomic E-state index is 1.01. The molecule has 0 saturated heterocycles. The Kier molecular flexibility index (Phi) is 1.31. The summed E-state index contributed by atoms with van der Waals surface area (Å²) in [6.07, 6.45) is 1.05. The van der Waals surface area contributed by atoms with Crippen LogP contribution in [0.2, 0.25) is 0 Å². The smallest absolute Gasteiger partial charge is 0.136 e. The molecule has 0 amide bonds. The molecule has 0 fully saturated rings. The summed E-state index contributed by atoms with van der Waals surface area (Å²) in [6, 6.07) is 17.5. The molecule has 6 rings (SSSR count). The van der Waals surface area contributed by atoms with Crippen LogP contribution in [0.3, 0.4) is 0 Å². The Hall–Kier alpha value is -2.54. The van der Waals surface area contributed by atoms with E-state index in [1.165, 1.54) is 43.4 Å². The highest BCUT2D eigenvalue weighted by atomic mass is 16.3. The van der Waals surface area contributed by atoms with E-state index in [4.69, 9.17) is 4.42 Å². The summed E-state index contributed by atoms with van der Waals surface area (Å²) in [6.45, 7) is 0. The van der Waals surface area contributed by atoms with Gasteiger partial charge in [0.25, 0.3) is 0 Å². The maximum Gasteiger partial charge on any atom is 0.136 e. The molecule has 0 bridgehead atoms. The van der Waals surface area contributed by atoms with Crippen LogP contribution in [0.25, 0.3) is 43.5 Å². The van der Waals surface area contributed by atoms with Gasteiger partial charge in [0.1, 0.15) is 11.2 Å². The number of rotatable bonds is 0. The standard InChI is InChI=1S/C19H10O/c1-3-10-9-11-7-8-15-19-17(11)16(10)12(4-1)13-5-2-6-14(20-15)18(13)19/h1-8H,9H2. The fraction of sp³-hybridized carbons (Fsp3) is 0.0526. The van der Waals surface area contributed by atoms with E-state index in [1.54, 1.807) is 0 Å². The lowest BCUT2D eigenvalue weighted by Gasteiger charge is -2.06. The van der Waals surface area contributed by atoms with Gasteiger partial charge in [-0.2, -0.15) is 0 Å². The van der Waals surface area contributed by atoms with Gasteiger partial charge >= 0.3 is 0 Å². The van der Waals surface area contributed by atoms with E-state index in [0.29, 0.717) is 0 Å². The van der Waals surface area contributed by atoms with Crippen molar-refractivity contribution in [2.45, 2.75) is 6.42 Å². The molecular weight excluding hydrogens is 244 g/mol. The molecule has 0 atom stereocenters. The molecule has 1 aromatic heterocycles. The topological polar surface area (TPSA) is 13.1 Å². The molecule has 1 heteroatoms. The van der Waals surface area contributed by atoms with Crippen molar-refractivity contribution in [3.63, 3.8) is 0 Å². The van der Waals surface area contributed by atoms with E-state index in [0.717, 1.165) is 17.6 Å². The van der Waals surface area contributed by atoms with Gasteiger partial charge in [-0.1, -0.05) is 36.4 Å². The zero-order valence-electron chi connectivity index (χ0n) is 10.7. The number of hydrogen-bond acceptors (Lipinski definition) is 1. The van der Waals surface area contributed by atoms with E-state index in [1.807, 2.05) is 0 Å². The highest BCUT2D eigenvalue weighted by Crippen LogP contribution is 2.47. The molecule has 1 aliphatic rings. The summed E-state index contributed by atoms with van der Waals surface area (Å²) >= 11 is 0. The molecule has 0 spiro atoms. The van der Waals surface area contributed by atoms with Crippen molar-refractivity contribution in [1.29, 1.82) is 0 Å². The summed E-state index contributed by atoms with van der Waals surface area (Å²) in [4.78, 5) is 0. The highest BCUT2D eigenvalue weighted by molar-refractivity contribution is 6.34. The average molecular weight is 254 g/mol. The number of fused-ring (bicyclic) bond motifs is 1. The molecule has 0 unspecified atom stereocenters. The maximum atomic E-state index is 6.06.